The summed E-state index contributed by atoms with van der Waals surface area (Å²) in [6.45, 7) is 6.06. The first-order valence-corrected chi connectivity index (χ1v) is 10.5. The molecule has 146 valence electrons. The lowest BCUT2D eigenvalue weighted by Crippen LogP contribution is -2.49. The van der Waals surface area contributed by atoms with Gasteiger partial charge in [-0.15, -0.1) is 11.3 Å². The fourth-order valence-corrected chi connectivity index (χ4v) is 4.38. The molecule has 1 saturated heterocycles. The molecule has 1 amide bonds. The summed E-state index contributed by atoms with van der Waals surface area (Å²) in [4.78, 5) is 23.9. The second kappa shape index (κ2) is 8.20. The topological polar surface area (TPSA) is 75.9 Å². The van der Waals surface area contributed by atoms with Crippen LogP contribution in [0.3, 0.4) is 0 Å². The van der Waals surface area contributed by atoms with Gasteiger partial charge in [0.25, 0.3) is 5.91 Å². The first kappa shape index (κ1) is 18.8. The highest BCUT2D eigenvalue weighted by atomic mass is 32.1. The minimum atomic E-state index is 0.0176. The molecule has 0 aromatic carbocycles. The van der Waals surface area contributed by atoms with E-state index in [0.29, 0.717) is 5.69 Å². The van der Waals surface area contributed by atoms with E-state index in [-0.39, 0.29) is 18.0 Å². The predicted octanol–water partition coefficient (Wildman–Crippen LogP) is 2.99. The largest absolute Gasteiger partial charge is 0.332 e. The third kappa shape index (κ3) is 3.83. The maximum Gasteiger partial charge on any atom is 0.273 e. The van der Waals surface area contributed by atoms with E-state index < -0.39 is 0 Å². The molecule has 0 unspecified atom stereocenters. The molecule has 0 spiro atoms. The van der Waals surface area contributed by atoms with Crippen LogP contribution in [0, 0.1) is 0 Å². The van der Waals surface area contributed by atoms with Gasteiger partial charge in [0.15, 0.2) is 0 Å². The van der Waals surface area contributed by atoms with E-state index in [1.54, 1.807) is 23.3 Å². The Labute approximate surface area is 168 Å². The zero-order valence-electron chi connectivity index (χ0n) is 16.1. The van der Waals surface area contributed by atoms with Crippen molar-refractivity contribution in [2.24, 2.45) is 0 Å². The number of nitrogens with one attached hydrogen (secondary N) is 1. The molecule has 4 rings (SSSR count). The maximum absolute atomic E-state index is 13.2. The van der Waals surface area contributed by atoms with E-state index in [1.807, 2.05) is 28.6 Å². The van der Waals surface area contributed by atoms with Gasteiger partial charge in [0.05, 0.1) is 18.1 Å². The van der Waals surface area contributed by atoms with Gasteiger partial charge in [-0.25, -0.2) is 9.67 Å². The van der Waals surface area contributed by atoms with Crippen LogP contribution in [0.4, 0.5) is 0 Å². The van der Waals surface area contributed by atoms with Crippen molar-refractivity contribution in [3.05, 3.63) is 48.0 Å². The standard InChI is InChI=1S/C20H24N6OS/c1-14(2)26(16-5-8-21-9-6-16)20(27)18-13-28-19(24-18)15-10-23-25(12-15)17-4-3-7-22-11-17/h3-4,7,10-14,16,21H,5-6,8-9H2,1-2H3. The van der Waals surface area contributed by atoms with Gasteiger partial charge >= 0.3 is 0 Å². The fourth-order valence-electron chi connectivity index (χ4n) is 3.61. The van der Waals surface area contributed by atoms with Gasteiger partial charge in [0.2, 0.25) is 0 Å². The zero-order valence-corrected chi connectivity index (χ0v) is 16.9. The number of hydrogen-bond donors (Lipinski definition) is 1. The molecule has 3 aromatic rings. The monoisotopic (exact) mass is 396 g/mol. The van der Waals surface area contributed by atoms with Crippen LogP contribution in [0.15, 0.2) is 42.3 Å². The van der Waals surface area contributed by atoms with Crippen molar-refractivity contribution in [3.63, 3.8) is 0 Å². The van der Waals surface area contributed by atoms with Gasteiger partial charge in [-0.2, -0.15) is 5.10 Å². The minimum Gasteiger partial charge on any atom is -0.332 e. The van der Waals surface area contributed by atoms with Crippen LogP contribution >= 0.6 is 11.3 Å². The molecule has 1 N–H and O–H groups in total. The van der Waals surface area contributed by atoms with E-state index in [4.69, 9.17) is 0 Å². The fraction of sp³-hybridized carbons (Fsp3) is 0.400. The molecule has 0 saturated carbocycles. The number of carbonyl (C=O) groups is 1. The van der Waals surface area contributed by atoms with E-state index >= 15 is 0 Å². The summed E-state index contributed by atoms with van der Waals surface area (Å²) in [7, 11) is 0. The van der Waals surface area contributed by atoms with Crippen molar-refractivity contribution < 1.29 is 4.79 Å². The van der Waals surface area contributed by atoms with Crippen LogP contribution in [0.2, 0.25) is 0 Å². The molecule has 1 aliphatic rings. The molecular weight excluding hydrogens is 372 g/mol. The Balaban J connectivity index is 1.55. The van der Waals surface area contributed by atoms with Crippen molar-refractivity contribution in [3.8, 4) is 16.3 Å². The predicted molar refractivity (Wildman–Crippen MR) is 110 cm³/mol. The van der Waals surface area contributed by atoms with E-state index in [1.165, 1.54) is 11.3 Å². The highest BCUT2D eigenvalue weighted by molar-refractivity contribution is 7.13. The summed E-state index contributed by atoms with van der Waals surface area (Å²) in [6.07, 6.45) is 9.14. The number of hydrogen-bond acceptors (Lipinski definition) is 6. The van der Waals surface area contributed by atoms with E-state index in [0.717, 1.165) is 42.2 Å². The van der Waals surface area contributed by atoms with Gasteiger partial charge in [-0.05, 0) is 51.9 Å². The van der Waals surface area contributed by atoms with Gasteiger partial charge < -0.3 is 10.2 Å². The Morgan fingerprint density at radius 1 is 1.32 bits per heavy atom. The van der Waals surface area contributed by atoms with Crippen LogP contribution in [0.1, 0.15) is 37.2 Å². The lowest BCUT2D eigenvalue weighted by Gasteiger charge is -2.37. The van der Waals surface area contributed by atoms with Crippen LogP contribution < -0.4 is 5.32 Å². The molecule has 0 bridgehead atoms. The van der Waals surface area contributed by atoms with Crippen molar-refractivity contribution in [2.45, 2.75) is 38.8 Å². The molecule has 7 nitrogen and oxygen atoms in total. The number of piperidine rings is 1. The lowest BCUT2D eigenvalue weighted by molar-refractivity contribution is 0.0560. The molecule has 0 aliphatic carbocycles. The van der Waals surface area contributed by atoms with Crippen LogP contribution in [0.25, 0.3) is 16.3 Å². The minimum absolute atomic E-state index is 0.0176. The molecule has 28 heavy (non-hydrogen) atoms. The highest BCUT2D eigenvalue weighted by Gasteiger charge is 2.29. The third-order valence-corrected chi connectivity index (χ3v) is 5.85. The first-order valence-electron chi connectivity index (χ1n) is 9.58. The normalized spacial score (nSPS) is 15.1. The maximum atomic E-state index is 13.2. The summed E-state index contributed by atoms with van der Waals surface area (Å²) in [5, 5.41) is 10.4. The Kier molecular flexibility index (Phi) is 5.50. The second-order valence-electron chi connectivity index (χ2n) is 7.21. The summed E-state index contributed by atoms with van der Waals surface area (Å²) in [5.74, 6) is 0.0176. The molecule has 0 atom stereocenters. The number of thiazole rings is 1. The van der Waals surface area contributed by atoms with E-state index in [9.17, 15) is 4.79 Å². The summed E-state index contributed by atoms with van der Waals surface area (Å²) >= 11 is 1.48. The summed E-state index contributed by atoms with van der Waals surface area (Å²) in [5.41, 5.74) is 2.30. The van der Waals surface area contributed by atoms with Crippen molar-refractivity contribution >= 4 is 17.2 Å². The number of rotatable bonds is 5. The van der Waals surface area contributed by atoms with Crippen molar-refractivity contribution in [1.82, 2.24) is 30.0 Å². The smallest absolute Gasteiger partial charge is 0.273 e. The highest BCUT2D eigenvalue weighted by Crippen LogP contribution is 2.26. The Morgan fingerprint density at radius 3 is 2.86 bits per heavy atom. The molecule has 0 radical (unpaired) electrons. The first-order chi connectivity index (χ1) is 13.6. The molecule has 8 heteroatoms. The molecule has 1 aliphatic heterocycles. The quantitative estimate of drug-likeness (QED) is 0.717. The molecule has 4 heterocycles. The summed E-state index contributed by atoms with van der Waals surface area (Å²) < 4.78 is 1.76. The molecule has 1 fully saturated rings. The Morgan fingerprint density at radius 2 is 2.14 bits per heavy atom. The average molecular weight is 397 g/mol. The third-order valence-electron chi connectivity index (χ3n) is 4.96. The van der Waals surface area contributed by atoms with Crippen molar-refractivity contribution in [2.75, 3.05) is 13.1 Å². The zero-order chi connectivity index (χ0) is 19.5. The van der Waals surface area contributed by atoms with E-state index in [2.05, 4.69) is 34.2 Å². The number of carbonyl (C=O) groups excluding carboxylic acids is 1. The summed E-state index contributed by atoms with van der Waals surface area (Å²) in [6, 6.07) is 4.24. The average Bonchev–Trinajstić information content (AvgIpc) is 3.39. The van der Waals surface area contributed by atoms with Gasteiger partial charge in [0, 0.05) is 35.4 Å². The Bertz CT molecular complexity index is 929. The molecular formula is C20H24N6OS. The van der Waals surface area contributed by atoms with Gasteiger partial charge in [0.1, 0.15) is 10.7 Å². The van der Waals surface area contributed by atoms with Gasteiger partial charge in [-0.1, -0.05) is 0 Å². The number of pyridine rings is 1. The van der Waals surface area contributed by atoms with Crippen LogP contribution in [-0.2, 0) is 0 Å². The number of nitrogens with zero attached hydrogens (tertiary/aromatic N) is 5. The Hall–Kier alpha value is -2.58. The van der Waals surface area contributed by atoms with Crippen molar-refractivity contribution in [1.29, 1.82) is 0 Å². The SMILES string of the molecule is CC(C)N(C(=O)c1csc(-c2cnn(-c3cccnc3)c2)n1)C1CCNCC1. The van der Waals surface area contributed by atoms with Crippen LogP contribution in [0.5, 0.6) is 0 Å². The lowest BCUT2D eigenvalue weighted by atomic mass is 10.0. The van der Waals surface area contributed by atoms with Gasteiger partial charge in [-0.3, -0.25) is 9.78 Å². The number of amides is 1. The molecule has 3 aromatic heterocycles. The van der Waals surface area contributed by atoms with Crippen LogP contribution in [-0.4, -0.2) is 55.7 Å². The number of aromatic nitrogens is 4. The second-order valence-corrected chi connectivity index (χ2v) is 8.07.